The van der Waals surface area contributed by atoms with Crippen LogP contribution >= 0.6 is 12.2 Å². The molecule has 1 aromatic carbocycles. The molecule has 1 rings (SSSR count). The molecule has 0 atom stereocenters. The first-order valence-electron chi connectivity index (χ1n) is 6.11. The summed E-state index contributed by atoms with van der Waals surface area (Å²) in [6.45, 7) is 6.65. The molecule has 0 aliphatic rings. The molecule has 0 aliphatic carbocycles. The maximum absolute atomic E-state index is 12.1. The predicted octanol–water partition coefficient (Wildman–Crippen LogP) is 2.27. The van der Waals surface area contributed by atoms with E-state index in [4.69, 9.17) is 17.0 Å². The highest BCUT2D eigenvalue weighted by molar-refractivity contribution is 7.80. The average Bonchev–Trinajstić information content (AvgIpc) is 2.43. The van der Waals surface area contributed by atoms with Crippen molar-refractivity contribution in [3.8, 4) is 5.75 Å². The average molecular weight is 278 g/mol. The molecular formula is C14H18N2O2S. The van der Waals surface area contributed by atoms with Gasteiger partial charge in [-0.25, -0.2) is 0 Å². The Balaban J connectivity index is 2.70. The van der Waals surface area contributed by atoms with Crippen LogP contribution in [-0.4, -0.2) is 24.2 Å². The van der Waals surface area contributed by atoms with Gasteiger partial charge in [-0.1, -0.05) is 25.1 Å². The highest BCUT2D eigenvalue weighted by Crippen LogP contribution is 2.17. The molecule has 0 bridgehead atoms. The van der Waals surface area contributed by atoms with Gasteiger partial charge < -0.3 is 10.1 Å². The fourth-order valence-corrected chi connectivity index (χ4v) is 1.55. The van der Waals surface area contributed by atoms with Crippen molar-refractivity contribution in [2.45, 2.75) is 13.3 Å². The summed E-state index contributed by atoms with van der Waals surface area (Å²) in [7, 11) is 0. The summed E-state index contributed by atoms with van der Waals surface area (Å²) in [5.74, 6) is 0.279. The number of carbonyl (C=O) groups is 1. The number of thiocarbonyl (C=S) groups is 1. The lowest BCUT2D eigenvalue weighted by Crippen LogP contribution is -2.39. The molecule has 0 saturated heterocycles. The highest BCUT2D eigenvalue weighted by atomic mass is 32.1. The second-order valence-corrected chi connectivity index (χ2v) is 4.21. The van der Waals surface area contributed by atoms with Crippen LogP contribution in [0.3, 0.4) is 0 Å². The first-order valence-corrected chi connectivity index (χ1v) is 6.51. The molecular weight excluding hydrogens is 260 g/mol. The zero-order chi connectivity index (χ0) is 14.1. The Morgan fingerprint density at radius 2 is 2.21 bits per heavy atom. The van der Waals surface area contributed by atoms with Gasteiger partial charge in [-0.05, 0) is 30.8 Å². The quantitative estimate of drug-likeness (QED) is 0.619. The number of para-hydroxylation sites is 1. The third-order valence-corrected chi connectivity index (χ3v) is 2.47. The predicted molar refractivity (Wildman–Crippen MR) is 80.5 cm³/mol. The Labute approximate surface area is 118 Å². The second-order valence-electron chi connectivity index (χ2n) is 3.80. The Morgan fingerprint density at radius 3 is 2.89 bits per heavy atom. The summed E-state index contributed by atoms with van der Waals surface area (Å²) in [6, 6.07) is 7.09. The largest absolute Gasteiger partial charge is 0.493 e. The van der Waals surface area contributed by atoms with Gasteiger partial charge in [-0.15, -0.1) is 6.58 Å². The van der Waals surface area contributed by atoms with E-state index in [1.807, 2.05) is 13.0 Å². The van der Waals surface area contributed by atoms with Gasteiger partial charge in [0.1, 0.15) is 5.75 Å². The summed E-state index contributed by atoms with van der Waals surface area (Å²) in [6.07, 6.45) is 2.55. The van der Waals surface area contributed by atoms with Crippen molar-refractivity contribution in [2.24, 2.45) is 0 Å². The van der Waals surface area contributed by atoms with Crippen molar-refractivity contribution in [1.82, 2.24) is 10.6 Å². The Kier molecular flexibility index (Phi) is 6.60. The van der Waals surface area contributed by atoms with Crippen LogP contribution in [0.1, 0.15) is 23.7 Å². The zero-order valence-electron chi connectivity index (χ0n) is 10.9. The van der Waals surface area contributed by atoms with Crippen LogP contribution in [0.4, 0.5) is 0 Å². The van der Waals surface area contributed by atoms with Gasteiger partial charge in [0.05, 0.1) is 12.2 Å². The zero-order valence-corrected chi connectivity index (χ0v) is 11.8. The summed E-state index contributed by atoms with van der Waals surface area (Å²) in [5.41, 5.74) is 0.471. The number of nitrogens with one attached hydrogen (secondary N) is 2. The maximum Gasteiger partial charge on any atom is 0.261 e. The van der Waals surface area contributed by atoms with E-state index in [-0.39, 0.29) is 11.0 Å². The minimum Gasteiger partial charge on any atom is -0.493 e. The van der Waals surface area contributed by atoms with E-state index in [1.54, 1.807) is 24.3 Å². The number of rotatable bonds is 6. The van der Waals surface area contributed by atoms with Crippen LogP contribution in [0, 0.1) is 0 Å². The number of hydrogen-bond donors (Lipinski definition) is 2. The lowest BCUT2D eigenvalue weighted by molar-refractivity contribution is 0.0972. The van der Waals surface area contributed by atoms with E-state index >= 15 is 0 Å². The fraction of sp³-hybridized carbons (Fsp3) is 0.286. The lowest BCUT2D eigenvalue weighted by atomic mass is 10.2. The van der Waals surface area contributed by atoms with Crippen molar-refractivity contribution >= 4 is 23.2 Å². The molecule has 0 aromatic heterocycles. The molecule has 4 nitrogen and oxygen atoms in total. The van der Waals surface area contributed by atoms with Crippen molar-refractivity contribution < 1.29 is 9.53 Å². The molecule has 1 amide bonds. The summed E-state index contributed by atoms with van der Waals surface area (Å²) >= 11 is 4.99. The molecule has 0 aliphatic heterocycles. The fourth-order valence-electron chi connectivity index (χ4n) is 1.37. The normalized spacial score (nSPS) is 9.53. The van der Waals surface area contributed by atoms with Gasteiger partial charge in [0.25, 0.3) is 5.91 Å². The van der Waals surface area contributed by atoms with Crippen LogP contribution in [0.2, 0.25) is 0 Å². The second kappa shape index (κ2) is 8.26. The van der Waals surface area contributed by atoms with Crippen molar-refractivity contribution in [2.75, 3.05) is 13.2 Å². The molecule has 0 heterocycles. The molecule has 0 radical (unpaired) electrons. The van der Waals surface area contributed by atoms with E-state index in [2.05, 4.69) is 17.2 Å². The Morgan fingerprint density at radius 1 is 1.47 bits per heavy atom. The van der Waals surface area contributed by atoms with Gasteiger partial charge in [0, 0.05) is 6.54 Å². The van der Waals surface area contributed by atoms with E-state index < -0.39 is 0 Å². The number of hydrogen-bond acceptors (Lipinski definition) is 3. The van der Waals surface area contributed by atoms with E-state index in [1.165, 1.54) is 0 Å². The van der Waals surface area contributed by atoms with Gasteiger partial charge in [0.2, 0.25) is 0 Å². The highest BCUT2D eigenvalue weighted by Gasteiger charge is 2.12. The molecule has 2 N–H and O–H groups in total. The number of carbonyl (C=O) groups excluding carboxylic acids is 1. The SMILES string of the molecule is C=CCNC(=S)NC(=O)c1ccccc1OCCC. The lowest BCUT2D eigenvalue weighted by Gasteiger charge is -2.11. The van der Waals surface area contributed by atoms with Crippen molar-refractivity contribution in [1.29, 1.82) is 0 Å². The molecule has 19 heavy (non-hydrogen) atoms. The van der Waals surface area contributed by atoms with Gasteiger partial charge in [-0.2, -0.15) is 0 Å². The minimum atomic E-state index is -0.284. The van der Waals surface area contributed by atoms with Crippen LogP contribution in [0.25, 0.3) is 0 Å². The molecule has 1 aromatic rings. The first-order chi connectivity index (χ1) is 9.19. The number of amides is 1. The van der Waals surface area contributed by atoms with Crippen molar-refractivity contribution in [3.05, 3.63) is 42.5 Å². The molecule has 0 spiro atoms. The van der Waals surface area contributed by atoms with E-state index in [0.717, 1.165) is 6.42 Å². The summed E-state index contributed by atoms with van der Waals surface area (Å²) in [5, 5.41) is 5.71. The Bertz CT molecular complexity index is 461. The summed E-state index contributed by atoms with van der Waals surface area (Å²) < 4.78 is 5.53. The van der Waals surface area contributed by atoms with Gasteiger partial charge in [0.15, 0.2) is 5.11 Å². The third-order valence-electron chi connectivity index (χ3n) is 2.23. The van der Waals surface area contributed by atoms with Crippen LogP contribution in [-0.2, 0) is 0 Å². The molecule has 5 heteroatoms. The molecule has 0 fully saturated rings. The third kappa shape index (κ3) is 5.09. The standard InChI is InChI=1S/C14H18N2O2S/c1-3-9-15-14(19)16-13(17)11-7-5-6-8-12(11)18-10-4-2/h3,5-8H,1,4,9-10H2,2H3,(H2,15,16,17,19). The van der Waals surface area contributed by atoms with Crippen LogP contribution < -0.4 is 15.4 Å². The van der Waals surface area contributed by atoms with E-state index in [0.29, 0.717) is 24.5 Å². The molecule has 0 saturated carbocycles. The van der Waals surface area contributed by atoms with Crippen LogP contribution in [0.5, 0.6) is 5.75 Å². The molecule has 102 valence electrons. The maximum atomic E-state index is 12.1. The Hall–Kier alpha value is -1.88. The van der Waals surface area contributed by atoms with Crippen LogP contribution in [0.15, 0.2) is 36.9 Å². The molecule has 0 unspecified atom stereocenters. The minimum absolute atomic E-state index is 0.273. The number of benzene rings is 1. The summed E-state index contributed by atoms with van der Waals surface area (Å²) in [4.78, 5) is 12.1. The van der Waals surface area contributed by atoms with E-state index in [9.17, 15) is 4.79 Å². The first kappa shape index (κ1) is 15.2. The smallest absolute Gasteiger partial charge is 0.261 e. The monoisotopic (exact) mass is 278 g/mol. The van der Waals surface area contributed by atoms with Gasteiger partial charge >= 0.3 is 0 Å². The van der Waals surface area contributed by atoms with Crippen molar-refractivity contribution in [3.63, 3.8) is 0 Å². The van der Waals surface area contributed by atoms with Gasteiger partial charge in [-0.3, -0.25) is 10.1 Å². The number of ether oxygens (including phenoxy) is 1. The topological polar surface area (TPSA) is 50.4 Å².